The molecule has 1 aliphatic heterocycles. The molecule has 5 rings (SSSR count). The molecule has 1 atom stereocenters. The van der Waals surface area contributed by atoms with Gasteiger partial charge in [0, 0.05) is 22.6 Å². The van der Waals surface area contributed by atoms with Gasteiger partial charge in [-0.1, -0.05) is 0 Å². The molecular formula is C28H28N4O4S. The van der Waals surface area contributed by atoms with E-state index in [1.54, 1.807) is 23.5 Å². The molecule has 2 aliphatic carbocycles. The van der Waals surface area contributed by atoms with E-state index in [0.29, 0.717) is 58.2 Å². The Kier molecular flexibility index (Phi) is 6.57. The zero-order chi connectivity index (χ0) is 26.3. The second kappa shape index (κ2) is 9.84. The van der Waals surface area contributed by atoms with Gasteiger partial charge in [0.15, 0.2) is 17.3 Å². The van der Waals surface area contributed by atoms with E-state index in [1.807, 2.05) is 4.90 Å². The molecule has 8 nitrogen and oxygen atoms in total. The maximum absolute atomic E-state index is 13.5. The second-order valence-electron chi connectivity index (χ2n) is 9.28. The Labute approximate surface area is 220 Å². The predicted octanol–water partition coefficient (Wildman–Crippen LogP) is 4.83. The summed E-state index contributed by atoms with van der Waals surface area (Å²) in [6.45, 7) is 0. The molecule has 190 valence electrons. The molecule has 3 aliphatic rings. The first kappa shape index (κ1) is 24.7. The summed E-state index contributed by atoms with van der Waals surface area (Å²) in [5.41, 5.74) is 10.7. The largest absolute Gasteiger partial charge is 0.493 e. The molecule has 1 aromatic carbocycles. The lowest BCUT2D eigenvalue weighted by atomic mass is 9.75. The fourth-order valence-electron chi connectivity index (χ4n) is 5.74. The summed E-state index contributed by atoms with van der Waals surface area (Å²) < 4.78 is 16.6. The highest BCUT2D eigenvalue weighted by Crippen LogP contribution is 2.51. The minimum Gasteiger partial charge on any atom is -0.493 e. The normalized spacial score (nSPS) is 19.1. The summed E-state index contributed by atoms with van der Waals surface area (Å²) in [4.78, 5) is 16.5. The maximum Gasteiger partial charge on any atom is 0.203 e. The number of carbonyl (C=O) groups excluding carboxylic acids is 1. The van der Waals surface area contributed by atoms with E-state index >= 15 is 0 Å². The van der Waals surface area contributed by atoms with Crippen LogP contribution in [0.25, 0.3) is 0 Å². The number of Topliss-reactive ketones (excluding diaryl/α,β-unsaturated/α-hetero) is 1. The number of anilines is 1. The van der Waals surface area contributed by atoms with Crippen LogP contribution in [-0.2, 0) is 17.6 Å². The molecule has 9 heteroatoms. The number of fused-ring (bicyclic) bond motifs is 1. The molecule has 0 saturated carbocycles. The molecule has 0 unspecified atom stereocenters. The number of methoxy groups -OCH3 is 3. The van der Waals surface area contributed by atoms with Gasteiger partial charge in [0.1, 0.15) is 16.9 Å². The van der Waals surface area contributed by atoms with Crippen molar-refractivity contribution >= 4 is 22.1 Å². The van der Waals surface area contributed by atoms with Crippen LogP contribution in [0.2, 0.25) is 0 Å². The molecule has 0 saturated heterocycles. The number of allylic oxidation sites excluding steroid dienone is 3. The molecule has 1 aromatic heterocycles. The number of rotatable bonds is 5. The quantitative estimate of drug-likeness (QED) is 0.600. The number of carbonyl (C=O) groups is 1. The van der Waals surface area contributed by atoms with Crippen molar-refractivity contribution in [1.82, 2.24) is 0 Å². The monoisotopic (exact) mass is 516 g/mol. The van der Waals surface area contributed by atoms with Crippen molar-refractivity contribution in [3.8, 4) is 29.4 Å². The SMILES string of the molecule is COc1cc([C@H]2C(C#N)=C(N)N(c3sc4c(c3C#N)CCCC4)C3=C2C(=O)CCC3)cc(OC)c1OC. The van der Waals surface area contributed by atoms with Crippen LogP contribution in [0, 0.1) is 22.7 Å². The zero-order valence-electron chi connectivity index (χ0n) is 21.1. The summed E-state index contributed by atoms with van der Waals surface area (Å²) in [5, 5.41) is 21.2. The van der Waals surface area contributed by atoms with Gasteiger partial charge in [-0.2, -0.15) is 10.5 Å². The number of ketones is 1. The lowest BCUT2D eigenvalue weighted by Crippen LogP contribution is -2.38. The molecule has 0 fully saturated rings. The smallest absolute Gasteiger partial charge is 0.203 e. The molecule has 2 aromatic rings. The third kappa shape index (κ3) is 3.82. The number of thiophene rings is 1. The Morgan fingerprint density at radius 1 is 0.973 bits per heavy atom. The number of nitrogens with zero attached hydrogens (tertiary/aromatic N) is 3. The van der Waals surface area contributed by atoms with Gasteiger partial charge < -0.3 is 19.9 Å². The standard InChI is InChI=1S/C28H28N4O4S/c1-34-21-11-15(12-22(35-2)26(21)36-3)24-18(14-30)27(31)32(19-8-6-9-20(33)25(19)24)28-17(13-29)16-7-4-5-10-23(16)37-28/h11-12,24H,4-10,31H2,1-3H3/t24-/m0/s1. The summed E-state index contributed by atoms with van der Waals surface area (Å²) in [6, 6.07) is 8.23. The van der Waals surface area contributed by atoms with E-state index < -0.39 is 5.92 Å². The Hall–Kier alpha value is -3.95. The van der Waals surface area contributed by atoms with Crippen molar-refractivity contribution in [2.75, 3.05) is 26.2 Å². The van der Waals surface area contributed by atoms with Crippen LogP contribution in [0.4, 0.5) is 5.00 Å². The van der Waals surface area contributed by atoms with Crippen molar-refractivity contribution in [2.24, 2.45) is 5.73 Å². The molecule has 0 radical (unpaired) electrons. The molecular weight excluding hydrogens is 488 g/mol. The highest BCUT2D eigenvalue weighted by Gasteiger charge is 2.42. The van der Waals surface area contributed by atoms with Crippen LogP contribution < -0.4 is 24.8 Å². The van der Waals surface area contributed by atoms with Crippen LogP contribution >= 0.6 is 11.3 Å². The Bertz CT molecular complexity index is 1410. The minimum absolute atomic E-state index is 0.0231. The molecule has 0 bridgehead atoms. The molecule has 2 N–H and O–H groups in total. The fraction of sp³-hybridized carbons (Fsp3) is 0.393. The Morgan fingerprint density at radius 3 is 2.30 bits per heavy atom. The average Bonchev–Trinajstić information content (AvgIpc) is 3.29. The van der Waals surface area contributed by atoms with E-state index in [9.17, 15) is 15.3 Å². The molecule has 2 heterocycles. The van der Waals surface area contributed by atoms with Crippen molar-refractivity contribution in [2.45, 2.75) is 50.9 Å². The lowest BCUT2D eigenvalue weighted by Gasteiger charge is -2.39. The number of aryl methyl sites for hydroxylation is 1. The van der Waals surface area contributed by atoms with Gasteiger partial charge in [-0.3, -0.25) is 9.69 Å². The fourth-order valence-corrected chi connectivity index (χ4v) is 7.12. The predicted molar refractivity (Wildman–Crippen MR) is 140 cm³/mol. The molecule has 0 amide bonds. The topological polar surface area (TPSA) is 122 Å². The first-order chi connectivity index (χ1) is 18.0. The van der Waals surface area contributed by atoms with E-state index in [-0.39, 0.29) is 17.2 Å². The minimum atomic E-state index is -0.683. The van der Waals surface area contributed by atoms with E-state index in [1.165, 1.54) is 26.2 Å². The molecule has 37 heavy (non-hydrogen) atoms. The zero-order valence-corrected chi connectivity index (χ0v) is 22.0. The first-order valence-electron chi connectivity index (χ1n) is 12.3. The highest BCUT2D eigenvalue weighted by atomic mass is 32.1. The van der Waals surface area contributed by atoms with Gasteiger partial charge in [0.05, 0.1) is 44.5 Å². The maximum atomic E-state index is 13.5. The highest BCUT2D eigenvalue weighted by molar-refractivity contribution is 7.16. The van der Waals surface area contributed by atoms with Crippen LogP contribution in [0.5, 0.6) is 17.2 Å². The number of benzene rings is 1. The number of ether oxygens (including phenoxy) is 3. The van der Waals surface area contributed by atoms with E-state index in [4.69, 9.17) is 19.9 Å². The molecule has 0 spiro atoms. The summed E-state index contributed by atoms with van der Waals surface area (Å²) >= 11 is 1.56. The number of hydrogen-bond donors (Lipinski definition) is 1. The average molecular weight is 517 g/mol. The Morgan fingerprint density at radius 2 is 1.68 bits per heavy atom. The van der Waals surface area contributed by atoms with Gasteiger partial charge in [-0.25, -0.2) is 0 Å². The number of hydrogen-bond acceptors (Lipinski definition) is 9. The third-order valence-electron chi connectivity index (χ3n) is 7.40. The van der Waals surface area contributed by atoms with E-state index in [0.717, 1.165) is 36.9 Å². The van der Waals surface area contributed by atoms with Gasteiger partial charge >= 0.3 is 0 Å². The summed E-state index contributed by atoms with van der Waals surface area (Å²) in [7, 11) is 4.57. The van der Waals surface area contributed by atoms with Crippen molar-refractivity contribution in [3.05, 3.63) is 56.4 Å². The van der Waals surface area contributed by atoms with Crippen LogP contribution in [0.15, 0.2) is 34.8 Å². The second-order valence-corrected chi connectivity index (χ2v) is 10.4. The summed E-state index contributed by atoms with van der Waals surface area (Å²) in [5.74, 6) is 0.831. The summed E-state index contributed by atoms with van der Waals surface area (Å²) in [6.07, 6.45) is 5.60. The number of nitrogens with two attached hydrogens (primary N) is 1. The first-order valence-corrected chi connectivity index (χ1v) is 13.1. The van der Waals surface area contributed by atoms with Crippen LogP contribution in [-0.4, -0.2) is 27.1 Å². The van der Waals surface area contributed by atoms with Crippen LogP contribution in [0.3, 0.4) is 0 Å². The lowest BCUT2D eigenvalue weighted by molar-refractivity contribution is -0.116. The van der Waals surface area contributed by atoms with Crippen LogP contribution in [0.1, 0.15) is 59.6 Å². The van der Waals surface area contributed by atoms with Gasteiger partial charge in [0.25, 0.3) is 0 Å². The third-order valence-corrected chi connectivity index (χ3v) is 8.68. The van der Waals surface area contributed by atoms with E-state index in [2.05, 4.69) is 12.1 Å². The number of nitriles is 2. The van der Waals surface area contributed by atoms with Crippen molar-refractivity contribution < 1.29 is 19.0 Å². The van der Waals surface area contributed by atoms with Gasteiger partial charge in [-0.05, 0) is 61.8 Å². The Balaban J connectivity index is 1.77. The van der Waals surface area contributed by atoms with Gasteiger partial charge in [0.2, 0.25) is 5.75 Å². The van der Waals surface area contributed by atoms with Gasteiger partial charge in [-0.15, -0.1) is 11.3 Å². The van der Waals surface area contributed by atoms with Crippen molar-refractivity contribution in [3.63, 3.8) is 0 Å². The van der Waals surface area contributed by atoms with Crippen molar-refractivity contribution in [1.29, 1.82) is 10.5 Å².